The van der Waals surface area contributed by atoms with Crippen molar-refractivity contribution in [2.45, 2.75) is 71.0 Å². The van der Waals surface area contributed by atoms with E-state index in [0.29, 0.717) is 12.1 Å². The van der Waals surface area contributed by atoms with Crippen LogP contribution in [0.4, 0.5) is 0 Å². The second-order valence-electron chi connectivity index (χ2n) is 5.12. The van der Waals surface area contributed by atoms with Gasteiger partial charge in [0.2, 0.25) is 0 Å². The summed E-state index contributed by atoms with van der Waals surface area (Å²) in [7, 11) is 0. The molecule has 1 saturated carbocycles. The van der Waals surface area contributed by atoms with E-state index in [1.165, 1.54) is 44.2 Å². The Labute approximate surface area is 105 Å². The van der Waals surface area contributed by atoms with Crippen molar-refractivity contribution in [3.63, 3.8) is 0 Å². The highest BCUT2D eigenvalue weighted by Gasteiger charge is 2.17. The van der Waals surface area contributed by atoms with Crippen LogP contribution in [0.1, 0.15) is 64.1 Å². The topological polar surface area (TPSA) is 29.9 Å². The van der Waals surface area contributed by atoms with Crippen LogP contribution in [-0.2, 0) is 6.54 Å². The third-order valence-corrected chi connectivity index (χ3v) is 3.92. The van der Waals surface area contributed by atoms with Crippen LogP contribution in [-0.4, -0.2) is 15.8 Å². The van der Waals surface area contributed by atoms with Crippen molar-refractivity contribution >= 4 is 0 Å². The molecule has 96 valence electrons. The number of aromatic nitrogens is 2. The average Bonchev–Trinajstić information content (AvgIpc) is 3.01. The first-order valence-electron chi connectivity index (χ1n) is 7.11. The molecule has 3 heteroatoms. The molecule has 0 unspecified atom stereocenters. The molecule has 0 saturated heterocycles. The maximum absolute atomic E-state index is 4.69. The van der Waals surface area contributed by atoms with Gasteiger partial charge in [-0.1, -0.05) is 26.7 Å². The minimum Gasteiger partial charge on any atom is -0.308 e. The number of nitrogens with one attached hydrogen (secondary N) is 1. The zero-order valence-corrected chi connectivity index (χ0v) is 11.2. The van der Waals surface area contributed by atoms with Crippen LogP contribution < -0.4 is 5.32 Å². The Morgan fingerprint density at radius 3 is 2.71 bits per heavy atom. The van der Waals surface area contributed by atoms with Gasteiger partial charge in [0.05, 0.1) is 11.7 Å². The number of hydrogen-bond donors (Lipinski definition) is 1. The molecule has 0 aliphatic heterocycles. The van der Waals surface area contributed by atoms with Crippen LogP contribution in [0.25, 0.3) is 0 Å². The van der Waals surface area contributed by atoms with Gasteiger partial charge >= 0.3 is 0 Å². The third kappa shape index (κ3) is 3.32. The van der Waals surface area contributed by atoms with Gasteiger partial charge in [0.15, 0.2) is 0 Å². The van der Waals surface area contributed by atoms with E-state index in [1.54, 1.807) is 0 Å². The summed E-state index contributed by atoms with van der Waals surface area (Å²) < 4.78 is 2.18. The minimum atomic E-state index is 0.631. The average molecular weight is 235 g/mol. The normalized spacial score (nSPS) is 17.1. The molecule has 1 heterocycles. The molecule has 1 aliphatic carbocycles. The molecular weight excluding hydrogens is 210 g/mol. The molecular formula is C14H25N3. The predicted molar refractivity (Wildman–Crippen MR) is 70.9 cm³/mol. The van der Waals surface area contributed by atoms with Gasteiger partial charge in [0.1, 0.15) is 0 Å². The van der Waals surface area contributed by atoms with Gasteiger partial charge in [0.25, 0.3) is 0 Å². The van der Waals surface area contributed by atoms with Crippen molar-refractivity contribution in [1.29, 1.82) is 0 Å². The molecule has 17 heavy (non-hydrogen) atoms. The summed E-state index contributed by atoms with van der Waals surface area (Å²) in [4.78, 5) is 0. The fraction of sp³-hybridized carbons (Fsp3) is 0.786. The SMILES string of the molecule is CCC(CC)NCc1ccn(C2CCCC2)n1. The first-order valence-corrected chi connectivity index (χ1v) is 7.11. The number of nitrogens with zero attached hydrogens (tertiary/aromatic N) is 2. The van der Waals surface area contributed by atoms with Crippen LogP contribution in [0, 0.1) is 0 Å². The molecule has 1 aromatic rings. The third-order valence-electron chi connectivity index (χ3n) is 3.92. The van der Waals surface area contributed by atoms with Gasteiger partial charge in [-0.3, -0.25) is 4.68 Å². The summed E-state index contributed by atoms with van der Waals surface area (Å²) in [6, 6.07) is 3.46. The van der Waals surface area contributed by atoms with E-state index in [1.807, 2.05) is 0 Å². The van der Waals surface area contributed by atoms with E-state index in [2.05, 4.69) is 41.2 Å². The first-order chi connectivity index (χ1) is 8.33. The van der Waals surface area contributed by atoms with E-state index >= 15 is 0 Å². The Morgan fingerprint density at radius 1 is 1.35 bits per heavy atom. The predicted octanol–water partition coefficient (Wildman–Crippen LogP) is 3.28. The van der Waals surface area contributed by atoms with Gasteiger partial charge < -0.3 is 5.32 Å². The van der Waals surface area contributed by atoms with Gasteiger partial charge in [-0.05, 0) is 31.7 Å². The van der Waals surface area contributed by atoms with Gasteiger partial charge in [-0.25, -0.2) is 0 Å². The summed E-state index contributed by atoms with van der Waals surface area (Å²) in [6.07, 6.45) is 9.89. The zero-order valence-electron chi connectivity index (χ0n) is 11.2. The Bertz CT molecular complexity index is 322. The molecule has 0 bridgehead atoms. The fourth-order valence-corrected chi connectivity index (χ4v) is 2.67. The van der Waals surface area contributed by atoms with Gasteiger partial charge in [0, 0.05) is 18.8 Å². The highest BCUT2D eigenvalue weighted by molar-refractivity contribution is 5.00. The molecule has 1 fully saturated rings. The van der Waals surface area contributed by atoms with Crippen molar-refractivity contribution in [2.24, 2.45) is 0 Å². The maximum Gasteiger partial charge on any atom is 0.0762 e. The van der Waals surface area contributed by atoms with E-state index in [-0.39, 0.29) is 0 Å². The van der Waals surface area contributed by atoms with E-state index in [9.17, 15) is 0 Å². The summed E-state index contributed by atoms with van der Waals surface area (Å²) in [6.45, 7) is 5.38. The zero-order chi connectivity index (χ0) is 12.1. The van der Waals surface area contributed by atoms with Crippen LogP contribution >= 0.6 is 0 Å². The molecule has 3 nitrogen and oxygen atoms in total. The minimum absolute atomic E-state index is 0.631. The van der Waals surface area contributed by atoms with E-state index in [4.69, 9.17) is 0 Å². The lowest BCUT2D eigenvalue weighted by Crippen LogP contribution is -2.27. The largest absolute Gasteiger partial charge is 0.308 e. The Hall–Kier alpha value is -0.830. The molecule has 0 aromatic carbocycles. The second-order valence-corrected chi connectivity index (χ2v) is 5.12. The molecule has 1 aromatic heterocycles. The highest BCUT2D eigenvalue weighted by Crippen LogP contribution is 2.28. The van der Waals surface area contributed by atoms with Crippen molar-refractivity contribution in [1.82, 2.24) is 15.1 Å². The van der Waals surface area contributed by atoms with Crippen LogP contribution in [0.5, 0.6) is 0 Å². The first kappa shape index (κ1) is 12.6. The molecule has 0 spiro atoms. The lowest BCUT2D eigenvalue weighted by Gasteiger charge is -2.13. The van der Waals surface area contributed by atoms with Crippen molar-refractivity contribution in [3.8, 4) is 0 Å². The van der Waals surface area contributed by atoms with Crippen LogP contribution in [0.15, 0.2) is 12.3 Å². The van der Waals surface area contributed by atoms with Crippen molar-refractivity contribution in [3.05, 3.63) is 18.0 Å². The van der Waals surface area contributed by atoms with Gasteiger partial charge in [-0.15, -0.1) is 0 Å². The summed E-state index contributed by atoms with van der Waals surface area (Å²) in [5, 5.41) is 8.25. The smallest absolute Gasteiger partial charge is 0.0762 e. The Balaban J connectivity index is 1.85. The lowest BCUT2D eigenvalue weighted by molar-refractivity contribution is 0.449. The second kappa shape index (κ2) is 6.20. The molecule has 0 amide bonds. The monoisotopic (exact) mass is 235 g/mol. The lowest BCUT2D eigenvalue weighted by atomic mass is 10.2. The molecule has 1 aliphatic rings. The standard InChI is InChI=1S/C14H25N3/c1-3-12(4-2)15-11-13-9-10-17(16-13)14-7-5-6-8-14/h9-10,12,14-15H,3-8,11H2,1-2H3. The summed E-state index contributed by atoms with van der Waals surface area (Å²) >= 11 is 0. The van der Waals surface area contributed by atoms with Gasteiger partial charge in [-0.2, -0.15) is 5.10 Å². The summed E-state index contributed by atoms with van der Waals surface area (Å²) in [5.41, 5.74) is 1.18. The molecule has 1 N–H and O–H groups in total. The number of hydrogen-bond acceptors (Lipinski definition) is 2. The Kier molecular flexibility index (Phi) is 4.60. The summed E-state index contributed by atoms with van der Waals surface area (Å²) in [5.74, 6) is 0. The highest BCUT2D eigenvalue weighted by atomic mass is 15.3. The van der Waals surface area contributed by atoms with Crippen molar-refractivity contribution in [2.75, 3.05) is 0 Å². The number of rotatable bonds is 6. The van der Waals surface area contributed by atoms with Crippen LogP contribution in [0.2, 0.25) is 0 Å². The Morgan fingerprint density at radius 2 is 2.06 bits per heavy atom. The molecule has 2 rings (SSSR count). The molecule has 0 atom stereocenters. The quantitative estimate of drug-likeness (QED) is 0.820. The molecule has 0 radical (unpaired) electrons. The maximum atomic E-state index is 4.69. The van der Waals surface area contributed by atoms with Crippen LogP contribution in [0.3, 0.4) is 0 Å². The fourth-order valence-electron chi connectivity index (χ4n) is 2.67. The van der Waals surface area contributed by atoms with E-state index < -0.39 is 0 Å². The van der Waals surface area contributed by atoms with E-state index in [0.717, 1.165) is 6.54 Å². The van der Waals surface area contributed by atoms with Crippen molar-refractivity contribution < 1.29 is 0 Å².